The Bertz CT molecular complexity index is 598. The van der Waals surface area contributed by atoms with Gasteiger partial charge in [0.15, 0.2) is 0 Å². The summed E-state index contributed by atoms with van der Waals surface area (Å²) in [6.45, 7) is 0.671. The summed E-state index contributed by atoms with van der Waals surface area (Å²) in [6, 6.07) is 2.77. The molecule has 0 radical (unpaired) electrons. The van der Waals surface area contributed by atoms with Gasteiger partial charge in [0.1, 0.15) is 5.52 Å². The van der Waals surface area contributed by atoms with Gasteiger partial charge >= 0.3 is 5.69 Å². The van der Waals surface area contributed by atoms with Gasteiger partial charge in [-0.25, -0.2) is 4.63 Å². The number of nitrogens with two attached hydrogens (primary N) is 2. The van der Waals surface area contributed by atoms with Crippen LogP contribution >= 0.6 is 0 Å². The van der Waals surface area contributed by atoms with Crippen LogP contribution in [0.1, 0.15) is 37.3 Å². The molecule has 0 bridgehead atoms. The Labute approximate surface area is 115 Å². The maximum atomic E-state index is 10.9. The summed E-state index contributed by atoms with van der Waals surface area (Å²) in [5, 5.41) is 18.2. The van der Waals surface area contributed by atoms with Crippen LogP contribution in [-0.2, 0) is 0 Å². The van der Waals surface area contributed by atoms with Gasteiger partial charge in [-0.1, -0.05) is 12.8 Å². The standard InChI is InChI=1S/C12H17N5O3/c13-7-3-1-2-4-9(14)8-5-6-10(17(18)19)12-11(8)15-20-16-12/h5-6,9H,1-4,7,13-14H2. The first-order chi connectivity index (χ1) is 9.65. The third kappa shape index (κ3) is 2.91. The van der Waals surface area contributed by atoms with Crippen LogP contribution in [-0.4, -0.2) is 21.8 Å². The molecular weight excluding hydrogens is 262 g/mol. The highest BCUT2D eigenvalue weighted by Gasteiger charge is 2.21. The predicted octanol–water partition coefficient (Wildman–Crippen LogP) is 1.65. The predicted molar refractivity (Wildman–Crippen MR) is 72.9 cm³/mol. The molecule has 108 valence electrons. The molecule has 1 atom stereocenters. The van der Waals surface area contributed by atoms with Crippen molar-refractivity contribution in [2.75, 3.05) is 6.54 Å². The maximum Gasteiger partial charge on any atom is 0.300 e. The van der Waals surface area contributed by atoms with E-state index in [1.54, 1.807) is 6.07 Å². The Morgan fingerprint density at radius 2 is 2.00 bits per heavy atom. The average Bonchev–Trinajstić information content (AvgIpc) is 2.91. The lowest BCUT2D eigenvalue weighted by Gasteiger charge is -2.11. The van der Waals surface area contributed by atoms with Crippen molar-refractivity contribution in [1.82, 2.24) is 10.3 Å². The van der Waals surface area contributed by atoms with Crippen LogP contribution in [0.25, 0.3) is 11.0 Å². The lowest BCUT2D eigenvalue weighted by Crippen LogP contribution is -2.11. The molecule has 2 rings (SSSR count). The molecule has 20 heavy (non-hydrogen) atoms. The minimum Gasteiger partial charge on any atom is -0.330 e. The Hall–Kier alpha value is -2.06. The van der Waals surface area contributed by atoms with Crippen molar-refractivity contribution in [3.05, 3.63) is 27.8 Å². The molecule has 8 nitrogen and oxygen atoms in total. The number of nitrogens with zero attached hydrogens (tertiary/aromatic N) is 3. The minimum absolute atomic E-state index is 0.125. The third-order valence-electron chi connectivity index (χ3n) is 3.24. The first kappa shape index (κ1) is 14.4. The van der Waals surface area contributed by atoms with Gasteiger partial charge in [0, 0.05) is 17.7 Å². The monoisotopic (exact) mass is 279 g/mol. The molecule has 1 heterocycles. The van der Waals surface area contributed by atoms with E-state index < -0.39 is 4.92 Å². The van der Waals surface area contributed by atoms with Crippen LogP contribution in [0, 0.1) is 10.1 Å². The zero-order valence-corrected chi connectivity index (χ0v) is 11.0. The van der Waals surface area contributed by atoms with Crippen LogP contribution in [0.5, 0.6) is 0 Å². The van der Waals surface area contributed by atoms with Crippen LogP contribution in [0.2, 0.25) is 0 Å². The first-order valence-corrected chi connectivity index (χ1v) is 6.50. The Morgan fingerprint density at radius 1 is 1.25 bits per heavy atom. The molecule has 8 heteroatoms. The smallest absolute Gasteiger partial charge is 0.300 e. The molecule has 0 saturated carbocycles. The third-order valence-corrected chi connectivity index (χ3v) is 3.24. The van der Waals surface area contributed by atoms with E-state index in [0.717, 1.165) is 31.2 Å². The zero-order valence-electron chi connectivity index (χ0n) is 11.0. The second-order valence-electron chi connectivity index (χ2n) is 4.64. The summed E-state index contributed by atoms with van der Waals surface area (Å²) >= 11 is 0. The first-order valence-electron chi connectivity index (χ1n) is 6.50. The van der Waals surface area contributed by atoms with E-state index in [1.165, 1.54) is 6.07 Å². The van der Waals surface area contributed by atoms with Crippen LogP contribution in [0.15, 0.2) is 16.8 Å². The Balaban J connectivity index is 2.20. The van der Waals surface area contributed by atoms with Crippen molar-refractivity contribution in [1.29, 1.82) is 0 Å². The van der Waals surface area contributed by atoms with E-state index in [4.69, 9.17) is 11.5 Å². The van der Waals surface area contributed by atoms with E-state index in [0.29, 0.717) is 12.1 Å². The van der Waals surface area contributed by atoms with Gasteiger partial charge in [-0.05, 0) is 35.8 Å². The van der Waals surface area contributed by atoms with Gasteiger partial charge in [-0.2, -0.15) is 0 Å². The highest BCUT2D eigenvalue weighted by atomic mass is 16.6. The summed E-state index contributed by atoms with van der Waals surface area (Å²) in [5.41, 5.74) is 12.7. The van der Waals surface area contributed by atoms with Gasteiger partial charge in [-0.3, -0.25) is 10.1 Å². The van der Waals surface area contributed by atoms with Crippen molar-refractivity contribution in [3.8, 4) is 0 Å². The van der Waals surface area contributed by atoms with Gasteiger partial charge < -0.3 is 11.5 Å². The Kier molecular flexibility index (Phi) is 4.59. The molecule has 0 spiro atoms. The van der Waals surface area contributed by atoms with Gasteiger partial charge in [0.2, 0.25) is 5.52 Å². The van der Waals surface area contributed by atoms with E-state index in [2.05, 4.69) is 14.9 Å². The molecule has 2 aromatic rings. The fraction of sp³-hybridized carbons (Fsp3) is 0.500. The molecule has 0 aliphatic heterocycles. The molecule has 0 fully saturated rings. The normalized spacial score (nSPS) is 12.7. The topological polar surface area (TPSA) is 134 Å². The highest BCUT2D eigenvalue weighted by molar-refractivity contribution is 5.86. The van der Waals surface area contributed by atoms with Gasteiger partial charge in [0.25, 0.3) is 0 Å². The van der Waals surface area contributed by atoms with Crippen molar-refractivity contribution in [2.24, 2.45) is 11.5 Å². The molecule has 0 saturated heterocycles. The minimum atomic E-state index is -0.511. The number of unbranched alkanes of at least 4 members (excludes halogenated alkanes) is 2. The van der Waals surface area contributed by atoms with Crippen molar-refractivity contribution < 1.29 is 9.55 Å². The van der Waals surface area contributed by atoms with Gasteiger partial charge in [0.05, 0.1) is 4.92 Å². The molecule has 1 aromatic carbocycles. The van der Waals surface area contributed by atoms with E-state index in [9.17, 15) is 10.1 Å². The number of nitro benzene ring substituents is 1. The lowest BCUT2D eigenvalue weighted by atomic mass is 9.99. The number of benzene rings is 1. The summed E-state index contributed by atoms with van der Waals surface area (Å²) in [6.07, 6.45) is 3.69. The van der Waals surface area contributed by atoms with Crippen LogP contribution < -0.4 is 11.5 Å². The largest absolute Gasteiger partial charge is 0.330 e. The maximum absolute atomic E-state index is 10.9. The molecule has 0 amide bonds. The van der Waals surface area contributed by atoms with E-state index in [-0.39, 0.29) is 17.2 Å². The number of rotatable bonds is 7. The zero-order chi connectivity index (χ0) is 14.5. The average molecular weight is 279 g/mol. The quantitative estimate of drug-likeness (QED) is 0.447. The molecular formula is C12H17N5O3. The van der Waals surface area contributed by atoms with Crippen molar-refractivity contribution in [2.45, 2.75) is 31.7 Å². The van der Waals surface area contributed by atoms with Crippen LogP contribution in [0.4, 0.5) is 5.69 Å². The number of non-ortho nitro benzene ring substituents is 1. The summed E-state index contributed by atoms with van der Waals surface area (Å²) in [4.78, 5) is 10.4. The number of hydrogen-bond donors (Lipinski definition) is 2. The summed E-state index contributed by atoms with van der Waals surface area (Å²) < 4.78 is 4.61. The molecule has 1 aromatic heterocycles. The second kappa shape index (κ2) is 6.40. The number of nitro groups is 1. The van der Waals surface area contributed by atoms with Crippen LogP contribution in [0.3, 0.4) is 0 Å². The summed E-state index contributed by atoms with van der Waals surface area (Å²) in [7, 11) is 0. The van der Waals surface area contributed by atoms with Gasteiger partial charge in [-0.15, -0.1) is 0 Å². The number of hydrogen-bond acceptors (Lipinski definition) is 7. The highest BCUT2D eigenvalue weighted by Crippen LogP contribution is 2.29. The lowest BCUT2D eigenvalue weighted by molar-refractivity contribution is -0.383. The number of aromatic nitrogens is 2. The molecule has 4 N–H and O–H groups in total. The van der Waals surface area contributed by atoms with E-state index in [1.807, 2.05) is 0 Å². The van der Waals surface area contributed by atoms with Crippen molar-refractivity contribution >= 4 is 16.7 Å². The molecule has 0 aliphatic rings. The molecule has 1 unspecified atom stereocenters. The fourth-order valence-corrected chi connectivity index (χ4v) is 2.16. The van der Waals surface area contributed by atoms with E-state index >= 15 is 0 Å². The SMILES string of the molecule is NCCCCCC(N)c1ccc([N+](=O)[O-])c2nonc12. The number of fused-ring (bicyclic) bond motifs is 1. The van der Waals surface area contributed by atoms with Crippen molar-refractivity contribution in [3.63, 3.8) is 0 Å². The molecule has 0 aliphatic carbocycles. The summed E-state index contributed by atoms with van der Waals surface area (Å²) in [5.74, 6) is 0. The fourth-order valence-electron chi connectivity index (χ4n) is 2.16. The second-order valence-corrected chi connectivity index (χ2v) is 4.64. The Morgan fingerprint density at radius 3 is 2.70 bits per heavy atom.